The van der Waals surface area contributed by atoms with E-state index in [0.717, 1.165) is 11.3 Å². The van der Waals surface area contributed by atoms with E-state index in [9.17, 15) is 18.0 Å². The Labute approximate surface area is 133 Å². The van der Waals surface area contributed by atoms with Crippen molar-refractivity contribution < 1.29 is 22.7 Å². The van der Waals surface area contributed by atoms with Gasteiger partial charge in [0.2, 0.25) is 6.10 Å². The minimum absolute atomic E-state index is 0.0134. The summed E-state index contributed by atoms with van der Waals surface area (Å²) in [5.41, 5.74) is 0.181. The standard InChI is InChI=1S/C14H12F3N3O2S/c1-7-10(8(2)20(3)19-7)12(14(15,16)17)22-13(21)11-9(6-18)4-5-23-11/h4-5,12H,1-3H3/t12-/m0/s1. The van der Waals surface area contributed by atoms with Crippen LogP contribution >= 0.6 is 11.3 Å². The zero-order valence-corrected chi connectivity index (χ0v) is 13.2. The van der Waals surface area contributed by atoms with E-state index in [2.05, 4.69) is 5.10 Å². The van der Waals surface area contributed by atoms with Crippen LogP contribution in [0.3, 0.4) is 0 Å². The molecule has 0 fully saturated rings. The summed E-state index contributed by atoms with van der Waals surface area (Å²) in [5, 5.41) is 14.2. The third kappa shape index (κ3) is 3.22. The lowest BCUT2D eigenvalue weighted by Crippen LogP contribution is -2.27. The molecule has 2 aromatic rings. The molecule has 0 saturated carbocycles. The van der Waals surface area contributed by atoms with Crippen molar-refractivity contribution in [2.24, 2.45) is 7.05 Å². The van der Waals surface area contributed by atoms with Gasteiger partial charge in [0.1, 0.15) is 10.9 Å². The summed E-state index contributed by atoms with van der Waals surface area (Å²) < 4.78 is 46.2. The molecule has 0 amide bonds. The van der Waals surface area contributed by atoms with Crippen LogP contribution in [0.25, 0.3) is 0 Å². The maximum Gasteiger partial charge on any atom is 0.430 e. The lowest BCUT2D eigenvalue weighted by Gasteiger charge is -2.21. The van der Waals surface area contributed by atoms with Gasteiger partial charge in [0.25, 0.3) is 0 Å². The molecule has 0 bridgehead atoms. The van der Waals surface area contributed by atoms with E-state index >= 15 is 0 Å². The minimum Gasteiger partial charge on any atom is -0.443 e. The fraction of sp³-hybridized carbons (Fsp3) is 0.357. The molecule has 0 aromatic carbocycles. The Bertz CT molecular complexity index is 786. The third-order valence-electron chi connectivity index (χ3n) is 3.32. The van der Waals surface area contributed by atoms with Crippen LogP contribution in [0.5, 0.6) is 0 Å². The number of halogens is 3. The van der Waals surface area contributed by atoms with Gasteiger partial charge in [0, 0.05) is 18.3 Å². The summed E-state index contributed by atoms with van der Waals surface area (Å²) in [7, 11) is 1.51. The summed E-state index contributed by atoms with van der Waals surface area (Å²) >= 11 is 0.858. The first kappa shape index (κ1) is 17.0. The Kier molecular flexibility index (Phi) is 4.47. The Hall–Kier alpha value is -2.34. The Balaban J connectivity index is 2.42. The first-order chi connectivity index (χ1) is 10.7. The van der Waals surface area contributed by atoms with Crippen LogP contribution in [0, 0.1) is 25.2 Å². The molecule has 0 saturated heterocycles. The highest BCUT2D eigenvalue weighted by atomic mass is 32.1. The average Bonchev–Trinajstić information content (AvgIpc) is 3.01. The van der Waals surface area contributed by atoms with Crippen LogP contribution in [0.4, 0.5) is 13.2 Å². The summed E-state index contributed by atoms with van der Waals surface area (Å²) in [6.07, 6.45) is -7.23. The monoisotopic (exact) mass is 343 g/mol. The number of hydrogen-bond acceptors (Lipinski definition) is 5. The highest BCUT2D eigenvalue weighted by Crippen LogP contribution is 2.39. The van der Waals surface area contributed by atoms with E-state index in [1.165, 1.54) is 37.0 Å². The molecule has 2 aromatic heterocycles. The molecule has 0 aliphatic heterocycles. The highest BCUT2D eigenvalue weighted by molar-refractivity contribution is 7.12. The maximum atomic E-state index is 13.4. The molecule has 0 aliphatic carbocycles. The molecular formula is C14H12F3N3O2S. The zero-order chi connectivity index (χ0) is 17.4. The van der Waals surface area contributed by atoms with Crippen molar-refractivity contribution in [1.82, 2.24) is 9.78 Å². The van der Waals surface area contributed by atoms with Gasteiger partial charge in [-0.3, -0.25) is 4.68 Å². The number of ether oxygens (including phenoxy) is 1. The van der Waals surface area contributed by atoms with Crippen molar-refractivity contribution in [3.63, 3.8) is 0 Å². The summed E-state index contributed by atoms with van der Waals surface area (Å²) in [6.45, 7) is 2.88. The molecule has 9 heteroatoms. The molecule has 2 rings (SSSR count). The maximum absolute atomic E-state index is 13.4. The summed E-state index contributed by atoms with van der Waals surface area (Å²) in [5.74, 6) is -1.18. The molecule has 122 valence electrons. The van der Waals surface area contributed by atoms with E-state index < -0.39 is 18.2 Å². The Morgan fingerprint density at radius 2 is 2.13 bits per heavy atom. The predicted octanol–water partition coefficient (Wildman–Crippen LogP) is 3.43. The molecule has 23 heavy (non-hydrogen) atoms. The van der Waals surface area contributed by atoms with Gasteiger partial charge in [-0.15, -0.1) is 11.3 Å². The summed E-state index contributed by atoms with van der Waals surface area (Å²) in [6, 6.07) is 3.10. The number of aromatic nitrogens is 2. The van der Waals surface area contributed by atoms with Crippen molar-refractivity contribution in [2.75, 3.05) is 0 Å². The van der Waals surface area contributed by atoms with Crippen LogP contribution in [0.15, 0.2) is 11.4 Å². The van der Waals surface area contributed by atoms with E-state index in [4.69, 9.17) is 10.00 Å². The predicted molar refractivity (Wildman–Crippen MR) is 75.9 cm³/mol. The third-order valence-corrected chi connectivity index (χ3v) is 4.21. The van der Waals surface area contributed by atoms with E-state index in [-0.39, 0.29) is 27.4 Å². The molecule has 2 heterocycles. The van der Waals surface area contributed by atoms with Gasteiger partial charge in [-0.25, -0.2) is 4.79 Å². The Morgan fingerprint density at radius 3 is 2.61 bits per heavy atom. The lowest BCUT2D eigenvalue weighted by atomic mass is 10.1. The SMILES string of the molecule is Cc1nn(C)c(C)c1[C@H](OC(=O)c1sccc1C#N)C(F)(F)F. The number of aryl methyl sites for hydroxylation is 2. The number of alkyl halides is 3. The molecule has 0 aliphatic rings. The average molecular weight is 343 g/mol. The number of nitriles is 1. The second-order valence-corrected chi connectivity index (χ2v) is 5.73. The normalized spacial score (nSPS) is 12.7. The van der Waals surface area contributed by atoms with Gasteiger partial charge < -0.3 is 4.74 Å². The molecule has 5 nitrogen and oxygen atoms in total. The number of nitrogens with zero attached hydrogens (tertiary/aromatic N) is 3. The molecular weight excluding hydrogens is 331 g/mol. The fourth-order valence-corrected chi connectivity index (χ4v) is 2.90. The van der Waals surface area contributed by atoms with Crippen LogP contribution in [0.1, 0.15) is 38.3 Å². The number of hydrogen-bond donors (Lipinski definition) is 0. The van der Waals surface area contributed by atoms with Gasteiger partial charge in [0.05, 0.1) is 11.3 Å². The van der Waals surface area contributed by atoms with Crippen LogP contribution in [-0.4, -0.2) is 21.9 Å². The van der Waals surface area contributed by atoms with E-state index in [0.29, 0.717) is 0 Å². The number of carbonyl (C=O) groups excluding carboxylic acids is 1. The molecule has 0 N–H and O–H groups in total. The van der Waals surface area contributed by atoms with Gasteiger partial charge in [-0.05, 0) is 25.3 Å². The van der Waals surface area contributed by atoms with Crippen molar-refractivity contribution >= 4 is 17.3 Å². The van der Waals surface area contributed by atoms with E-state index in [1.807, 2.05) is 0 Å². The molecule has 1 atom stereocenters. The smallest absolute Gasteiger partial charge is 0.430 e. The number of carbonyl (C=O) groups is 1. The fourth-order valence-electron chi connectivity index (χ4n) is 2.17. The molecule has 0 spiro atoms. The largest absolute Gasteiger partial charge is 0.443 e. The molecule has 0 unspecified atom stereocenters. The number of esters is 1. The first-order valence-corrected chi connectivity index (χ1v) is 7.30. The van der Waals surface area contributed by atoms with Crippen LogP contribution < -0.4 is 0 Å². The second-order valence-electron chi connectivity index (χ2n) is 4.81. The lowest BCUT2D eigenvalue weighted by molar-refractivity contribution is -0.207. The quantitative estimate of drug-likeness (QED) is 0.801. The topological polar surface area (TPSA) is 67.9 Å². The van der Waals surface area contributed by atoms with E-state index in [1.54, 1.807) is 6.07 Å². The van der Waals surface area contributed by atoms with Crippen molar-refractivity contribution in [3.8, 4) is 6.07 Å². The van der Waals surface area contributed by atoms with Crippen molar-refractivity contribution in [3.05, 3.63) is 38.8 Å². The van der Waals surface area contributed by atoms with Crippen LogP contribution in [-0.2, 0) is 11.8 Å². The van der Waals surface area contributed by atoms with Gasteiger partial charge >= 0.3 is 12.1 Å². The van der Waals surface area contributed by atoms with Crippen molar-refractivity contribution in [1.29, 1.82) is 5.26 Å². The highest BCUT2D eigenvalue weighted by Gasteiger charge is 2.47. The summed E-state index contributed by atoms with van der Waals surface area (Å²) in [4.78, 5) is 11.9. The van der Waals surface area contributed by atoms with Crippen LogP contribution in [0.2, 0.25) is 0 Å². The van der Waals surface area contributed by atoms with Gasteiger partial charge in [0.15, 0.2) is 0 Å². The first-order valence-electron chi connectivity index (χ1n) is 6.42. The molecule has 0 radical (unpaired) electrons. The van der Waals surface area contributed by atoms with Gasteiger partial charge in [-0.2, -0.15) is 23.5 Å². The zero-order valence-electron chi connectivity index (χ0n) is 12.4. The minimum atomic E-state index is -4.79. The number of thiophene rings is 1. The number of rotatable bonds is 3. The Morgan fingerprint density at radius 1 is 1.48 bits per heavy atom. The van der Waals surface area contributed by atoms with Crippen molar-refractivity contribution in [2.45, 2.75) is 26.1 Å². The van der Waals surface area contributed by atoms with Gasteiger partial charge in [-0.1, -0.05) is 0 Å². The second kappa shape index (κ2) is 6.04.